The number of rotatable bonds is 4. The van der Waals surface area contributed by atoms with Crippen molar-refractivity contribution < 1.29 is 9.47 Å². The van der Waals surface area contributed by atoms with Gasteiger partial charge in [0.2, 0.25) is 0 Å². The molecule has 1 aromatic carbocycles. The van der Waals surface area contributed by atoms with Crippen LogP contribution < -0.4 is 14.8 Å². The van der Waals surface area contributed by atoms with Crippen LogP contribution in [0.15, 0.2) is 28.9 Å². The van der Waals surface area contributed by atoms with E-state index in [2.05, 4.69) is 33.3 Å². The maximum atomic E-state index is 5.67. The Labute approximate surface area is 126 Å². The first-order chi connectivity index (χ1) is 9.78. The van der Waals surface area contributed by atoms with Gasteiger partial charge in [0, 0.05) is 12.7 Å². The van der Waals surface area contributed by atoms with Crippen LogP contribution in [0.25, 0.3) is 0 Å². The average molecular weight is 338 g/mol. The normalized spacial score (nSPS) is 13.3. The summed E-state index contributed by atoms with van der Waals surface area (Å²) < 4.78 is 14.2. The van der Waals surface area contributed by atoms with Gasteiger partial charge in [0.15, 0.2) is 11.5 Å². The number of nitrogens with zero attached hydrogens (tertiary/aromatic N) is 2. The number of benzene rings is 1. The van der Waals surface area contributed by atoms with E-state index in [0.29, 0.717) is 19.8 Å². The summed E-state index contributed by atoms with van der Waals surface area (Å²) >= 11 is 3.53. The quantitative estimate of drug-likeness (QED) is 0.931. The van der Waals surface area contributed by atoms with Crippen molar-refractivity contribution in [2.24, 2.45) is 0 Å². The van der Waals surface area contributed by atoms with Gasteiger partial charge in [-0.15, -0.1) is 0 Å². The number of hydrogen-bond acceptors (Lipinski definition) is 4. The van der Waals surface area contributed by atoms with Gasteiger partial charge in [0.05, 0.1) is 22.4 Å². The lowest BCUT2D eigenvalue weighted by atomic mass is 10.2. The molecule has 2 heterocycles. The predicted octanol–water partition coefficient (Wildman–Crippen LogP) is 3.05. The molecule has 0 amide bonds. The summed E-state index contributed by atoms with van der Waals surface area (Å²) in [5.74, 6) is 1.57. The third kappa shape index (κ3) is 2.60. The zero-order valence-electron chi connectivity index (χ0n) is 11.2. The average Bonchev–Trinajstić information content (AvgIpc) is 2.85. The number of halogens is 1. The molecule has 1 aliphatic heterocycles. The molecule has 0 radical (unpaired) electrons. The van der Waals surface area contributed by atoms with E-state index in [0.717, 1.165) is 33.9 Å². The lowest BCUT2D eigenvalue weighted by Crippen LogP contribution is -2.16. The first kappa shape index (κ1) is 13.3. The van der Waals surface area contributed by atoms with E-state index in [1.54, 1.807) is 0 Å². The van der Waals surface area contributed by atoms with Crippen molar-refractivity contribution in [1.82, 2.24) is 9.78 Å². The molecule has 2 aromatic rings. The maximum absolute atomic E-state index is 5.67. The highest BCUT2D eigenvalue weighted by Gasteiger charge is 2.16. The molecule has 5 nitrogen and oxygen atoms in total. The van der Waals surface area contributed by atoms with Crippen LogP contribution in [0.5, 0.6) is 11.5 Å². The van der Waals surface area contributed by atoms with E-state index in [1.165, 1.54) is 0 Å². The molecule has 0 unspecified atom stereocenters. The van der Waals surface area contributed by atoms with Gasteiger partial charge in [0.1, 0.15) is 13.2 Å². The molecule has 0 bridgehead atoms. The third-order valence-corrected chi connectivity index (χ3v) is 3.79. The number of ether oxygens (including phenoxy) is 2. The first-order valence-corrected chi connectivity index (χ1v) is 7.41. The van der Waals surface area contributed by atoms with Crippen molar-refractivity contribution in [3.63, 3.8) is 0 Å². The van der Waals surface area contributed by atoms with Crippen molar-refractivity contribution in [3.05, 3.63) is 34.6 Å². The Balaban J connectivity index is 1.76. The molecule has 6 heteroatoms. The molecule has 1 aliphatic rings. The van der Waals surface area contributed by atoms with Crippen LogP contribution in [0, 0.1) is 0 Å². The van der Waals surface area contributed by atoms with Gasteiger partial charge in [-0.3, -0.25) is 4.68 Å². The Morgan fingerprint density at radius 1 is 1.35 bits per heavy atom. The SMILES string of the molecule is CCn1cc(Br)c(CNc2cccc3c2OCCO3)n1. The van der Waals surface area contributed by atoms with Crippen LogP contribution in [0.1, 0.15) is 12.6 Å². The highest BCUT2D eigenvalue weighted by Crippen LogP contribution is 2.37. The molecular formula is C14H16BrN3O2. The van der Waals surface area contributed by atoms with Crippen molar-refractivity contribution >= 4 is 21.6 Å². The lowest BCUT2D eigenvalue weighted by molar-refractivity contribution is 0.172. The van der Waals surface area contributed by atoms with E-state index >= 15 is 0 Å². The van der Waals surface area contributed by atoms with Crippen LogP contribution in [0.3, 0.4) is 0 Å². The summed E-state index contributed by atoms with van der Waals surface area (Å²) in [4.78, 5) is 0. The van der Waals surface area contributed by atoms with Gasteiger partial charge in [-0.2, -0.15) is 5.10 Å². The molecule has 0 fully saturated rings. The van der Waals surface area contributed by atoms with Gasteiger partial charge < -0.3 is 14.8 Å². The van der Waals surface area contributed by atoms with Crippen LogP contribution in [-0.4, -0.2) is 23.0 Å². The maximum Gasteiger partial charge on any atom is 0.184 e. The third-order valence-electron chi connectivity index (χ3n) is 3.12. The molecule has 106 valence electrons. The van der Waals surface area contributed by atoms with E-state index in [9.17, 15) is 0 Å². The summed E-state index contributed by atoms with van der Waals surface area (Å²) in [7, 11) is 0. The number of hydrogen-bond donors (Lipinski definition) is 1. The number of para-hydroxylation sites is 1. The van der Waals surface area contributed by atoms with E-state index < -0.39 is 0 Å². The largest absolute Gasteiger partial charge is 0.486 e. The van der Waals surface area contributed by atoms with Crippen LogP contribution >= 0.6 is 15.9 Å². The molecule has 0 atom stereocenters. The fourth-order valence-corrected chi connectivity index (χ4v) is 2.57. The zero-order chi connectivity index (χ0) is 13.9. The number of fused-ring (bicyclic) bond motifs is 1. The highest BCUT2D eigenvalue weighted by molar-refractivity contribution is 9.10. The summed E-state index contributed by atoms with van der Waals surface area (Å²) in [6.07, 6.45) is 1.98. The van der Waals surface area contributed by atoms with E-state index in [-0.39, 0.29) is 0 Å². The molecule has 3 rings (SSSR count). The highest BCUT2D eigenvalue weighted by atomic mass is 79.9. The second-order valence-corrected chi connectivity index (χ2v) is 5.32. The van der Waals surface area contributed by atoms with Gasteiger partial charge >= 0.3 is 0 Å². The van der Waals surface area contributed by atoms with Crippen molar-refractivity contribution in [2.75, 3.05) is 18.5 Å². The van der Waals surface area contributed by atoms with E-state index in [1.807, 2.05) is 29.1 Å². The second-order valence-electron chi connectivity index (χ2n) is 4.46. The standard InChI is InChI=1S/C14H16BrN3O2/c1-2-18-9-10(15)12(17-18)8-16-11-4-3-5-13-14(11)20-7-6-19-13/h3-5,9,16H,2,6-8H2,1H3. The monoisotopic (exact) mass is 337 g/mol. The minimum absolute atomic E-state index is 0.583. The molecular weight excluding hydrogens is 322 g/mol. The smallest absolute Gasteiger partial charge is 0.184 e. The van der Waals surface area contributed by atoms with Crippen LogP contribution in [-0.2, 0) is 13.1 Å². The molecule has 0 spiro atoms. The fourth-order valence-electron chi connectivity index (χ4n) is 2.11. The Morgan fingerprint density at radius 2 is 2.20 bits per heavy atom. The number of nitrogens with one attached hydrogen (secondary N) is 1. The molecule has 1 N–H and O–H groups in total. The van der Waals surface area contributed by atoms with Gasteiger partial charge in [-0.05, 0) is 35.0 Å². The summed E-state index contributed by atoms with van der Waals surface area (Å²) in [5, 5.41) is 7.85. The number of anilines is 1. The molecule has 0 aliphatic carbocycles. The summed E-state index contributed by atoms with van der Waals surface area (Å²) in [6, 6.07) is 5.86. The van der Waals surface area contributed by atoms with Gasteiger partial charge in [0.25, 0.3) is 0 Å². The molecule has 20 heavy (non-hydrogen) atoms. The summed E-state index contributed by atoms with van der Waals surface area (Å²) in [5.41, 5.74) is 1.90. The number of aryl methyl sites for hydroxylation is 1. The molecule has 0 saturated heterocycles. The Bertz CT molecular complexity index is 612. The van der Waals surface area contributed by atoms with Gasteiger partial charge in [-0.1, -0.05) is 6.07 Å². The second kappa shape index (κ2) is 5.75. The zero-order valence-corrected chi connectivity index (χ0v) is 12.8. The van der Waals surface area contributed by atoms with Crippen LogP contribution in [0.4, 0.5) is 5.69 Å². The predicted molar refractivity (Wildman–Crippen MR) is 80.4 cm³/mol. The minimum Gasteiger partial charge on any atom is -0.486 e. The van der Waals surface area contributed by atoms with Crippen LogP contribution in [0.2, 0.25) is 0 Å². The minimum atomic E-state index is 0.583. The lowest BCUT2D eigenvalue weighted by Gasteiger charge is -2.21. The van der Waals surface area contributed by atoms with Gasteiger partial charge in [-0.25, -0.2) is 0 Å². The fraction of sp³-hybridized carbons (Fsp3) is 0.357. The molecule has 0 saturated carbocycles. The molecule has 1 aromatic heterocycles. The first-order valence-electron chi connectivity index (χ1n) is 6.62. The van der Waals surface area contributed by atoms with Crippen molar-refractivity contribution in [3.8, 4) is 11.5 Å². The Morgan fingerprint density at radius 3 is 3.00 bits per heavy atom. The Kier molecular flexibility index (Phi) is 3.82. The van der Waals surface area contributed by atoms with Crippen molar-refractivity contribution in [1.29, 1.82) is 0 Å². The number of aromatic nitrogens is 2. The van der Waals surface area contributed by atoms with E-state index in [4.69, 9.17) is 9.47 Å². The topological polar surface area (TPSA) is 48.3 Å². The Hall–Kier alpha value is -1.69. The van der Waals surface area contributed by atoms with Crippen molar-refractivity contribution in [2.45, 2.75) is 20.0 Å². The summed E-state index contributed by atoms with van der Waals surface area (Å²) in [6.45, 7) is 4.74.